The van der Waals surface area contributed by atoms with Crippen LogP contribution in [0.2, 0.25) is 0 Å². The minimum Gasteiger partial charge on any atom is -0.387 e. The second-order valence-corrected chi connectivity index (χ2v) is 4.96. The fourth-order valence-corrected chi connectivity index (χ4v) is 2.41. The normalized spacial score (nSPS) is 10.1. The molecular formula is C14H9FN4S. The van der Waals surface area contributed by atoms with Crippen LogP contribution in [0, 0.1) is 17.8 Å². The smallest absolute Gasteiger partial charge is 0.214 e. The summed E-state index contributed by atoms with van der Waals surface area (Å²) in [5, 5.41) is 3.61. The second kappa shape index (κ2) is 5.23. The van der Waals surface area contributed by atoms with Crippen molar-refractivity contribution >= 4 is 27.2 Å². The molecule has 0 amide bonds. The molecule has 0 spiro atoms. The van der Waals surface area contributed by atoms with E-state index in [1.54, 1.807) is 6.20 Å². The molecule has 6 heteroatoms. The number of rotatable bonds is 1. The molecule has 0 atom stereocenters. The van der Waals surface area contributed by atoms with Crippen LogP contribution in [0.4, 0.5) is 10.1 Å². The van der Waals surface area contributed by atoms with Gasteiger partial charge in [0, 0.05) is 13.1 Å². The Balaban J connectivity index is 1.90. The molecule has 0 radical (unpaired) electrons. The lowest BCUT2D eigenvalue weighted by molar-refractivity contribution is 0.586. The topological polar surface area (TPSA) is 50.7 Å². The van der Waals surface area contributed by atoms with E-state index in [1.165, 1.54) is 23.6 Å². The Hall–Kier alpha value is -2.52. The van der Waals surface area contributed by atoms with Crippen molar-refractivity contribution in [1.29, 1.82) is 0 Å². The quantitative estimate of drug-likeness (QED) is 0.551. The van der Waals surface area contributed by atoms with Crippen LogP contribution in [-0.4, -0.2) is 22.0 Å². The number of nitrogens with one attached hydrogen (secondary N) is 1. The molecule has 0 saturated carbocycles. The minimum absolute atomic E-state index is 0.509. The molecule has 0 aromatic carbocycles. The summed E-state index contributed by atoms with van der Waals surface area (Å²) in [5.74, 6) is 5.35. The van der Waals surface area contributed by atoms with Crippen molar-refractivity contribution in [3.8, 4) is 11.8 Å². The third kappa shape index (κ3) is 2.58. The summed E-state index contributed by atoms with van der Waals surface area (Å²) in [6.07, 6.45) is 3.12. The first-order valence-corrected chi connectivity index (χ1v) is 6.64. The first kappa shape index (κ1) is 12.5. The SMILES string of the molecule is CNc1ccc(C#Cc2nc3cnc(F)cc3s2)nc1. The fourth-order valence-electron chi connectivity index (χ4n) is 1.59. The van der Waals surface area contributed by atoms with Gasteiger partial charge in [-0.25, -0.2) is 15.0 Å². The van der Waals surface area contributed by atoms with Crippen molar-refractivity contribution in [2.75, 3.05) is 12.4 Å². The molecule has 0 aliphatic heterocycles. The Morgan fingerprint density at radius 2 is 2.10 bits per heavy atom. The van der Waals surface area contributed by atoms with E-state index < -0.39 is 5.95 Å². The highest BCUT2D eigenvalue weighted by atomic mass is 32.1. The predicted molar refractivity (Wildman–Crippen MR) is 77.1 cm³/mol. The second-order valence-electron chi connectivity index (χ2n) is 3.93. The molecule has 0 bridgehead atoms. The maximum absolute atomic E-state index is 13.0. The van der Waals surface area contributed by atoms with Crippen molar-refractivity contribution < 1.29 is 4.39 Å². The Morgan fingerprint density at radius 3 is 2.85 bits per heavy atom. The number of halogens is 1. The Morgan fingerprint density at radius 1 is 1.20 bits per heavy atom. The highest BCUT2D eigenvalue weighted by Crippen LogP contribution is 2.21. The van der Waals surface area contributed by atoms with Crippen LogP contribution in [0.5, 0.6) is 0 Å². The summed E-state index contributed by atoms with van der Waals surface area (Å²) in [6.45, 7) is 0. The number of fused-ring (bicyclic) bond motifs is 1. The van der Waals surface area contributed by atoms with E-state index in [1.807, 2.05) is 19.2 Å². The number of anilines is 1. The number of nitrogens with zero attached hydrogens (tertiary/aromatic N) is 3. The van der Waals surface area contributed by atoms with E-state index >= 15 is 0 Å². The molecule has 4 nitrogen and oxygen atoms in total. The first-order valence-electron chi connectivity index (χ1n) is 5.82. The third-order valence-corrected chi connectivity index (χ3v) is 3.52. The van der Waals surface area contributed by atoms with Crippen LogP contribution in [0.1, 0.15) is 10.7 Å². The zero-order chi connectivity index (χ0) is 13.9. The average Bonchev–Trinajstić information content (AvgIpc) is 2.87. The highest BCUT2D eigenvalue weighted by Gasteiger charge is 2.03. The van der Waals surface area contributed by atoms with Crippen LogP contribution in [0.15, 0.2) is 30.6 Å². The molecule has 3 rings (SSSR count). The van der Waals surface area contributed by atoms with Gasteiger partial charge in [0.2, 0.25) is 5.95 Å². The Labute approximate surface area is 118 Å². The molecular weight excluding hydrogens is 275 g/mol. The summed E-state index contributed by atoms with van der Waals surface area (Å²) in [4.78, 5) is 12.0. The summed E-state index contributed by atoms with van der Waals surface area (Å²) in [6, 6.07) is 5.08. The zero-order valence-corrected chi connectivity index (χ0v) is 11.3. The zero-order valence-electron chi connectivity index (χ0n) is 10.5. The van der Waals surface area contributed by atoms with Crippen LogP contribution in [0.25, 0.3) is 10.2 Å². The highest BCUT2D eigenvalue weighted by molar-refractivity contribution is 7.19. The van der Waals surface area contributed by atoms with Gasteiger partial charge in [-0.1, -0.05) is 0 Å². The van der Waals surface area contributed by atoms with E-state index in [4.69, 9.17) is 0 Å². The van der Waals surface area contributed by atoms with Gasteiger partial charge in [-0.3, -0.25) is 0 Å². The number of pyridine rings is 2. The molecule has 3 aromatic rings. The molecule has 0 aliphatic carbocycles. The predicted octanol–water partition coefficient (Wildman–Crippen LogP) is 2.67. The summed E-state index contributed by atoms with van der Waals surface area (Å²) < 4.78 is 13.7. The molecule has 3 heterocycles. The number of thiazole rings is 1. The van der Waals surface area contributed by atoms with Crippen LogP contribution in [-0.2, 0) is 0 Å². The molecule has 3 aromatic heterocycles. The van der Waals surface area contributed by atoms with Gasteiger partial charge in [-0.2, -0.15) is 4.39 Å². The van der Waals surface area contributed by atoms with Gasteiger partial charge in [0.15, 0.2) is 5.01 Å². The van der Waals surface area contributed by atoms with Gasteiger partial charge in [-0.05, 0) is 24.0 Å². The molecule has 1 N–H and O–H groups in total. The summed E-state index contributed by atoms with van der Waals surface area (Å²) in [5.41, 5.74) is 2.24. The molecule has 0 saturated heterocycles. The van der Waals surface area contributed by atoms with Crippen molar-refractivity contribution in [2.45, 2.75) is 0 Å². The Kier molecular flexibility index (Phi) is 3.27. The monoisotopic (exact) mass is 284 g/mol. The maximum Gasteiger partial charge on any atom is 0.214 e. The molecule has 98 valence electrons. The minimum atomic E-state index is -0.509. The van der Waals surface area contributed by atoms with Crippen LogP contribution in [0.3, 0.4) is 0 Å². The maximum atomic E-state index is 13.0. The van der Waals surface area contributed by atoms with Gasteiger partial charge in [0.05, 0.1) is 22.8 Å². The standard InChI is InChI=1S/C14H9FN4S/c1-16-10-3-2-9(17-7-10)4-5-14-19-11-8-18-13(15)6-12(11)20-14/h2-3,6-8,16H,1H3. The van der Waals surface area contributed by atoms with Crippen LogP contribution >= 0.6 is 11.3 Å². The summed E-state index contributed by atoms with van der Waals surface area (Å²) in [7, 11) is 1.83. The number of aromatic nitrogens is 3. The van der Waals surface area contributed by atoms with Gasteiger partial charge in [0.25, 0.3) is 0 Å². The lowest BCUT2D eigenvalue weighted by atomic mass is 10.3. The van der Waals surface area contributed by atoms with Crippen molar-refractivity contribution in [3.63, 3.8) is 0 Å². The number of hydrogen-bond acceptors (Lipinski definition) is 5. The fraction of sp³-hybridized carbons (Fsp3) is 0.0714. The molecule has 20 heavy (non-hydrogen) atoms. The van der Waals surface area contributed by atoms with Gasteiger partial charge >= 0.3 is 0 Å². The molecule has 0 aliphatic rings. The lowest BCUT2D eigenvalue weighted by Gasteiger charge is -1.96. The third-order valence-electron chi connectivity index (χ3n) is 2.59. The van der Waals surface area contributed by atoms with Crippen LogP contribution < -0.4 is 5.32 Å². The van der Waals surface area contributed by atoms with E-state index in [2.05, 4.69) is 32.1 Å². The average molecular weight is 284 g/mol. The van der Waals surface area contributed by atoms with E-state index in [0.29, 0.717) is 16.2 Å². The van der Waals surface area contributed by atoms with Crippen molar-refractivity contribution in [2.24, 2.45) is 0 Å². The van der Waals surface area contributed by atoms with E-state index in [9.17, 15) is 4.39 Å². The molecule has 0 fully saturated rings. The number of hydrogen-bond donors (Lipinski definition) is 1. The largest absolute Gasteiger partial charge is 0.387 e. The van der Waals surface area contributed by atoms with Gasteiger partial charge in [-0.15, -0.1) is 11.3 Å². The van der Waals surface area contributed by atoms with E-state index in [0.717, 1.165) is 10.4 Å². The van der Waals surface area contributed by atoms with Gasteiger partial charge in [0.1, 0.15) is 11.2 Å². The van der Waals surface area contributed by atoms with Crippen molar-refractivity contribution in [3.05, 3.63) is 47.2 Å². The Bertz CT molecular complexity index is 815. The summed E-state index contributed by atoms with van der Waals surface area (Å²) >= 11 is 1.33. The van der Waals surface area contributed by atoms with Gasteiger partial charge < -0.3 is 5.32 Å². The first-order chi connectivity index (χ1) is 9.74. The van der Waals surface area contributed by atoms with E-state index in [-0.39, 0.29) is 0 Å². The lowest BCUT2D eigenvalue weighted by Crippen LogP contribution is -1.89. The molecule has 0 unspecified atom stereocenters. The van der Waals surface area contributed by atoms with Crippen molar-refractivity contribution in [1.82, 2.24) is 15.0 Å².